The monoisotopic (exact) mass is 246 g/mol. The molecule has 0 saturated carbocycles. The van der Waals surface area contributed by atoms with E-state index >= 15 is 0 Å². The highest BCUT2D eigenvalue weighted by molar-refractivity contribution is 5.28. The Bertz CT molecular complexity index is 469. The zero-order valence-electron chi connectivity index (χ0n) is 10.7. The Morgan fingerprint density at radius 2 is 2.11 bits per heavy atom. The summed E-state index contributed by atoms with van der Waals surface area (Å²) in [5, 5.41) is 3.32. The van der Waals surface area contributed by atoms with Crippen molar-refractivity contribution in [1.82, 2.24) is 14.5 Å². The lowest BCUT2D eigenvalue weighted by Gasteiger charge is -2.16. The molecule has 5 heteroatoms. The van der Waals surface area contributed by atoms with Crippen LogP contribution in [-0.4, -0.2) is 28.3 Å². The van der Waals surface area contributed by atoms with E-state index in [2.05, 4.69) is 26.8 Å². The van der Waals surface area contributed by atoms with Crippen molar-refractivity contribution in [3.63, 3.8) is 0 Å². The molecule has 1 N–H and O–H groups in total. The molecule has 1 atom stereocenters. The fourth-order valence-electron chi connectivity index (χ4n) is 1.81. The Labute approximate surface area is 107 Å². The molecule has 0 bridgehead atoms. The number of aromatic nitrogens is 3. The van der Waals surface area contributed by atoms with Crippen molar-refractivity contribution in [3.8, 4) is 0 Å². The number of methoxy groups -OCH3 is 1. The fourth-order valence-corrected chi connectivity index (χ4v) is 1.81. The molecule has 0 aliphatic rings. The summed E-state index contributed by atoms with van der Waals surface area (Å²) in [7, 11) is 1.71. The van der Waals surface area contributed by atoms with Crippen LogP contribution in [0.25, 0.3) is 0 Å². The van der Waals surface area contributed by atoms with Gasteiger partial charge in [0.2, 0.25) is 5.95 Å². The third-order valence-electron chi connectivity index (χ3n) is 2.75. The second kappa shape index (κ2) is 6.16. The van der Waals surface area contributed by atoms with Gasteiger partial charge in [0.25, 0.3) is 0 Å². The Kier molecular flexibility index (Phi) is 4.30. The second-order valence-electron chi connectivity index (χ2n) is 4.17. The minimum atomic E-state index is 0.262. The number of pyridine rings is 1. The molecule has 0 saturated heterocycles. The van der Waals surface area contributed by atoms with Crippen LogP contribution in [0.5, 0.6) is 0 Å². The van der Waals surface area contributed by atoms with E-state index in [1.54, 1.807) is 25.7 Å². The first-order chi connectivity index (χ1) is 8.81. The van der Waals surface area contributed by atoms with Gasteiger partial charge >= 0.3 is 0 Å². The summed E-state index contributed by atoms with van der Waals surface area (Å²) >= 11 is 0. The first-order valence-electron chi connectivity index (χ1n) is 5.96. The van der Waals surface area contributed by atoms with Crippen LogP contribution in [0, 0.1) is 0 Å². The third kappa shape index (κ3) is 3.07. The highest BCUT2D eigenvalue weighted by atomic mass is 16.5. The number of ether oxygens (including phenoxy) is 1. The number of imidazole rings is 1. The average Bonchev–Trinajstić information content (AvgIpc) is 2.86. The molecule has 5 nitrogen and oxygen atoms in total. The van der Waals surface area contributed by atoms with Crippen LogP contribution in [0.2, 0.25) is 0 Å². The maximum Gasteiger partial charge on any atom is 0.203 e. The van der Waals surface area contributed by atoms with Gasteiger partial charge in [-0.15, -0.1) is 0 Å². The third-order valence-corrected chi connectivity index (χ3v) is 2.75. The minimum Gasteiger partial charge on any atom is -0.383 e. The number of nitrogens with one attached hydrogen (secondary N) is 1. The van der Waals surface area contributed by atoms with Crippen LogP contribution in [0.4, 0.5) is 5.95 Å². The van der Waals surface area contributed by atoms with Crippen molar-refractivity contribution in [1.29, 1.82) is 0 Å². The minimum absolute atomic E-state index is 0.262. The predicted octanol–water partition coefficient (Wildman–Crippen LogP) is 2.10. The van der Waals surface area contributed by atoms with Gasteiger partial charge in [-0.1, -0.05) is 0 Å². The Morgan fingerprint density at radius 3 is 2.83 bits per heavy atom. The van der Waals surface area contributed by atoms with Crippen molar-refractivity contribution < 1.29 is 4.74 Å². The van der Waals surface area contributed by atoms with E-state index in [-0.39, 0.29) is 6.04 Å². The van der Waals surface area contributed by atoms with Crippen molar-refractivity contribution in [2.45, 2.75) is 19.5 Å². The molecule has 0 amide bonds. The van der Waals surface area contributed by atoms with Gasteiger partial charge < -0.3 is 14.6 Å². The van der Waals surface area contributed by atoms with Gasteiger partial charge in [-0.3, -0.25) is 4.98 Å². The maximum atomic E-state index is 5.16. The Balaban J connectivity index is 2.00. The zero-order valence-corrected chi connectivity index (χ0v) is 10.7. The fraction of sp³-hybridized carbons (Fsp3) is 0.385. The zero-order chi connectivity index (χ0) is 12.8. The standard InChI is InChI=1S/C13H18N4O/c1-11(10-18-2)17-8-7-15-13(17)16-9-12-3-5-14-6-4-12/h3-8,11H,9-10H2,1-2H3,(H,15,16). The number of hydrogen-bond donors (Lipinski definition) is 1. The molecule has 2 heterocycles. The molecular weight excluding hydrogens is 228 g/mol. The van der Waals surface area contributed by atoms with E-state index in [4.69, 9.17) is 4.74 Å². The molecule has 2 aromatic rings. The van der Waals surface area contributed by atoms with Crippen LogP contribution < -0.4 is 5.32 Å². The van der Waals surface area contributed by atoms with Crippen LogP contribution in [0.1, 0.15) is 18.5 Å². The Hall–Kier alpha value is -1.88. The summed E-state index contributed by atoms with van der Waals surface area (Å²) < 4.78 is 7.23. The SMILES string of the molecule is COCC(C)n1ccnc1NCc1ccncc1. The van der Waals surface area contributed by atoms with Gasteiger partial charge in [-0.25, -0.2) is 4.98 Å². The van der Waals surface area contributed by atoms with Crippen molar-refractivity contribution in [2.75, 3.05) is 19.0 Å². The van der Waals surface area contributed by atoms with Crippen LogP contribution in [-0.2, 0) is 11.3 Å². The van der Waals surface area contributed by atoms with Crippen molar-refractivity contribution >= 4 is 5.95 Å². The largest absolute Gasteiger partial charge is 0.383 e. The van der Waals surface area contributed by atoms with Crippen LogP contribution in [0.15, 0.2) is 36.9 Å². The molecule has 2 aromatic heterocycles. The molecule has 0 spiro atoms. The predicted molar refractivity (Wildman–Crippen MR) is 70.4 cm³/mol. The topological polar surface area (TPSA) is 52.0 Å². The van der Waals surface area contributed by atoms with E-state index in [0.717, 1.165) is 12.5 Å². The highest BCUT2D eigenvalue weighted by Crippen LogP contribution is 2.14. The van der Waals surface area contributed by atoms with E-state index in [0.29, 0.717) is 6.61 Å². The quantitative estimate of drug-likeness (QED) is 0.848. The van der Waals surface area contributed by atoms with Gasteiger partial charge in [-0.05, 0) is 24.6 Å². The molecular formula is C13H18N4O. The molecule has 0 aliphatic heterocycles. The number of nitrogens with zero attached hydrogens (tertiary/aromatic N) is 3. The normalized spacial score (nSPS) is 12.3. The van der Waals surface area contributed by atoms with Crippen molar-refractivity contribution in [2.24, 2.45) is 0 Å². The molecule has 96 valence electrons. The first kappa shape index (κ1) is 12.6. The lowest BCUT2D eigenvalue weighted by atomic mass is 10.3. The van der Waals surface area contributed by atoms with Gasteiger partial charge in [-0.2, -0.15) is 0 Å². The van der Waals surface area contributed by atoms with E-state index in [1.165, 1.54) is 5.56 Å². The van der Waals surface area contributed by atoms with Gasteiger partial charge in [0.15, 0.2) is 0 Å². The summed E-state index contributed by atoms with van der Waals surface area (Å²) in [6.45, 7) is 3.50. The lowest BCUT2D eigenvalue weighted by molar-refractivity contribution is 0.163. The molecule has 18 heavy (non-hydrogen) atoms. The highest BCUT2D eigenvalue weighted by Gasteiger charge is 2.09. The summed E-state index contributed by atoms with van der Waals surface area (Å²) in [5.41, 5.74) is 1.18. The van der Waals surface area contributed by atoms with Gasteiger partial charge in [0.05, 0.1) is 12.6 Å². The summed E-state index contributed by atoms with van der Waals surface area (Å²) in [5.74, 6) is 0.858. The second-order valence-corrected chi connectivity index (χ2v) is 4.17. The van der Waals surface area contributed by atoms with E-state index in [9.17, 15) is 0 Å². The molecule has 1 unspecified atom stereocenters. The smallest absolute Gasteiger partial charge is 0.203 e. The molecule has 0 radical (unpaired) electrons. The molecule has 0 aromatic carbocycles. The first-order valence-corrected chi connectivity index (χ1v) is 5.96. The summed E-state index contributed by atoms with van der Waals surface area (Å²) in [4.78, 5) is 8.31. The van der Waals surface area contributed by atoms with Gasteiger partial charge in [0, 0.05) is 38.4 Å². The molecule has 0 aliphatic carbocycles. The summed E-state index contributed by atoms with van der Waals surface area (Å²) in [6.07, 6.45) is 7.33. The van der Waals surface area contributed by atoms with E-state index < -0.39 is 0 Å². The molecule has 0 fully saturated rings. The van der Waals surface area contributed by atoms with Crippen LogP contribution in [0.3, 0.4) is 0 Å². The van der Waals surface area contributed by atoms with Gasteiger partial charge in [0.1, 0.15) is 0 Å². The molecule has 2 rings (SSSR count). The summed E-state index contributed by atoms with van der Waals surface area (Å²) in [6, 6.07) is 4.23. The Morgan fingerprint density at radius 1 is 1.33 bits per heavy atom. The van der Waals surface area contributed by atoms with Crippen molar-refractivity contribution in [3.05, 3.63) is 42.5 Å². The number of anilines is 1. The maximum absolute atomic E-state index is 5.16. The van der Waals surface area contributed by atoms with Crippen LogP contribution >= 0.6 is 0 Å². The number of rotatable bonds is 6. The van der Waals surface area contributed by atoms with E-state index in [1.807, 2.05) is 18.3 Å². The number of hydrogen-bond acceptors (Lipinski definition) is 4. The average molecular weight is 246 g/mol. The lowest BCUT2D eigenvalue weighted by Crippen LogP contribution is -2.14.